The maximum absolute atomic E-state index is 12.7. The highest BCUT2D eigenvalue weighted by Crippen LogP contribution is 2.33. The fourth-order valence-electron chi connectivity index (χ4n) is 3.62. The maximum Gasteiger partial charge on any atom is 0.270 e. The highest BCUT2D eigenvalue weighted by molar-refractivity contribution is 5.93. The van der Waals surface area contributed by atoms with Crippen molar-refractivity contribution in [3.05, 3.63) is 77.2 Å². The van der Waals surface area contributed by atoms with Crippen LogP contribution in [-0.2, 0) is 12.8 Å². The molecule has 6 heteroatoms. The van der Waals surface area contributed by atoms with Crippen LogP contribution in [0.3, 0.4) is 0 Å². The van der Waals surface area contributed by atoms with Gasteiger partial charge in [0.05, 0.1) is 7.11 Å². The molecular formula is C23H24N4O2. The number of para-hydroxylation sites is 1. The average Bonchev–Trinajstić information content (AvgIpc) is 3.17. The van der Waals surface area contributed by atoms with Crippen molar-refractivity contribution in [3.8, 4) is 5.75 Å². The standard InChI is InChI=1S/C23H24N4O2/c1-16-25-20(23(28)24-12-10-17-6-5-8-19(14-17)29-2)15-22(26-16)27-13-11-18-7-3-4-9-21(18)27/h3-9,14-15H,10-13H2,1-2H3,(H,24,28). The quantitative estimate of drug-likeness (QED) is 0.700. The molecule has 29 heavy (non-hydrogen) atoms. The Morgan fingerprint density at radius 3 is 2.86 bits per heavy atom. The molecule has 1 aromatic heterocycles. The maximum atomic E-state index is 12.7. The van der Waals surface area contributed by atoms with Crippen LogP contribution in [0.5, 0.6) is 5.75 Å². The summed E-state index contributed by atoms with van der Waals surface area (Å²) in [6.07, 6.45) is 1.70. The average molecular weight is 388 g/mol. The van der Waals surface area contributed by atoms with Crippen molar-refractivity contribution in [3.63, 3.8) is 0 Å². The van der Waals surface area contributed by atoms with Crippen molar-refractivity contribution in [1.82, 2.24) is 15.3 Å². The monoisotopic (exact) mass is 388 g/mol. The fourth-order valence-corrected chi connectivity index (χ4v) is 3.62. The Balaban J connectivity index is 1.45. The molecule has 4 rings (SSSR count). The topological polar surface area (TPSA) is 67.3 Å². The van der Waals surface area contributed by atoms with Crippen molar-refractivity contribution >= 4 is 17.4 Å². The zero-order chi connectivity index (χ0) is 20.2. The number of aromatic nitrogens is 2. The van der Waals surface area contributed by atoms with E-state index in [9.17, 15) is 4.79 Å². The molecule has 1 aliphatic rings. The third-order valence-corrected chi connectivity index (χ3v) is 5.05. The number of hydrogen-bond acceptors (Lipinski definition) is 5. The number of anilines is 2. The molecule has 0 fully saturated rings. The van der Waals surface area contributed by atoms with E-state index in [0.29, 0.717) is 18.1 Å². The van der Waals surface area contributed by atoms with Crippen molar-refractivity contribution in [2.75, 3.05) is 25.1 Å². The number of nitrogens with one attached hydrogen (secondary N) is 1. The van der Waals surface area contributed by atoms with Crippen molar-refractivity contribution in [2.45, 2.75) is 19.8 Å². The first-order valence-corrected chi connectivity index (χ1v) is 9.76. The molecule has 0 radical (unpaired) electrons. The van der Waals surface area contributed by atoms with Gasteiger partial charge in [0.1, 0.15) is 23.1 Å². The lowest BCUT2D eigenvalue weighted by Crippen LogP contribution is -2.27. The van der Waals surface area contributed by atoms with Gasteiger partial charge < -0.3 is 15.0 Å². The zero-order valence-corrected chi connectivity index (χ0v) is 16.7. The number of benzene rings is 2. The zero-order valence-electron chi connectivity index (χ0n) is 16.7. The van der Waals surface area contributed by atoms with E-state index in [1.165, 1.54) is 5.56 Å². The van der Waals surface area contributed by atoms with Gasteiger partial charge in [-0.1, -0.05) is 30.3 Å². The van der Waals surface area contributed by atoms with Gasteiger partial charge in [-0.05, 0) is 49.1 Å². The molecule has 0 bridgehead atoms. The highest BCUT2D eigenvalue weighted by Gasteiger charge is 2.22. The van der Waals surface area contributed by atoms with E-state index < -0.39 is 0 Å². The van der Waals surface area contributed by atoms with E-state index in [4.69, 9.17) is 4.74 Å². The summed E-state index contributed by atoms with van der Waals surface area (Å²) in [5.74, 6) is 1.98. The molecule has 0 saturated carbocycles. The second-order valence-corrected chi connectivity index (χ2v) is 7.05. The third kappa shape index (κ3) is 4.21. The van der Waals surface area contributed by atoms with E-state index in [0.717, 1.165) is 42.2 Å². The molecule has 0 spiro atoms. The number of methoxy groups -OCH3 is 1. The van der Waals surface area contributed by atoms with Crippen LogP contribution in [0.1, 0.15) is 27.4 Å². The number of ether oxygens (including phenoxy) is 1. The first-order valence-electron chi connectivity index (χ1n) is 9.76. The van der Waals surface area contributed by atoms with Crippen LogP contribution in [0.4, 0.5) is 11.5 Å². The van der Waals surface area contributed by atoms with Gasteiger partial charge in [0.25, 0.3) is 5.91 Å². The van der Waals surface area contributed by atoms with Gasteiger partial charge in [-0.25, -0.2) is 9.97 Å². The van der Waals surface area contributed by atoms with Gasteiger partial charge in [0.15, 0.2) is 0 Å². The van der Waals surface area contributed by atoms with Crippen molar-refractivity contribution < 1.29 is 9.53 Å². The lowest BCUT2D eigenvalue weighted by molar-refractivity contribution is 0.0948. The molecule has 1 N–H and O–H groups in total. The lowest BCUT2D eigenvalue weighted by Gasteiger charge is -2.19. The van der Waals surface area contributed by atoms with Crippen LogP contribution in [0.25, 0.3) is 0 Å². The normalized spacial score (nSPS) is 12.6. The molecule has 1 amide bonds. The first kappa shape index (κ1) is 18.9. The first-order chi connectivity index (χ1) is 14.1. The van der Waals surface area contributed by atoms with Gasteiger partial charge in [-0.3, -0.25) is 4.79 Å². The largest absolute Gasteiger partial charge is 0.497 e. The molecule has 3 aromatic rings. The molecule has 148 valence electrons. The molecule has 2 aromatic carbocycles. The van der Waals surface area contributed by atoms with Gasteiger partial charge in [0, 0.05) is 24.8 Å². The van der Waals surface area contributed by atoms with Gasteiger partial charge in [-0.15, -0.1) is 0 Å². The summed E-state index contributed by atoms with van der Waals surface area (Å²) in [7, 11) is 1.65. The second kappa shape index (κ2) is 8.31. The molecule has 0 unspecified atom stereocenters. The van der Waals surface area contributed by atoms with Gasteiger partial charge in [0.2, 0.25) is 0 Å². The molecule has 0 aliphatic carbocycles. The summed E-state index contributed by atoms with van der Waals surface area (Å²) >= 11 is 0. The summed E-state index contributed by atoms with van der Waals surface area (Å²) in [4.78, 5) is 23.7. The van der Waals surface area contributed by atoms with Gasteiger partial charge in [-0.2, -0.15) is 0 Å². The lowest BCUT2D eigenvalue weighted by atomic mass is 10.1. The van der Waals surface area contributed by atoms with Crippen molar-refractivity contribution in [2.24, 2.45) is 0 Å². The number of rotatable bonds is 6. The predicted octanol–water partition coefficient (Wildman–Crippen LogP) is 3.46. The van der Waals surface area contributed by atoms with E-state index in [1.807, 2.05) is 37.3 Å². The minimum Gasteiger partial charge on any atom is -0.497 e. The molecule has 1 aliphatic heterocycles. The van der Waals surface area contributed by atoms with Crippen LogP contribution >= 0.6 is 0 Å². The number of fused-ring (bicyclic) bond motifs is 1. The van der Waals surface area contributed by atoms with Crippen LogP contribution in [0, 0.1) is 6.92 Å². The summed E-state index contributed by atoms with van der Waals surface area (Å²) < 4.78 is 5.24. The highest BCUT2D eigenvalue weighted by atomic mass is 16.5. The predicted molar refractivity (Wildman–Crippen MR) is 113 cm³/mol. The molecule has 0 saturated heterocycles. The number of nitrogens with zero attached hydrogens (tertiary/aromatic N) is 3. The van der Waals surface area contributed by atoms with Crippen LogP contribution in [-0.4, -0.2) is 36.1 Å². The SMILES string of the molecule is COc1cccc(CCNC(=O)c2cc(N3CCc4ccccc43)nc(C)n2)c1. The number of carbonyl (C=O) groups is 1. The van der Waals surface area contributed by atoms with E-state index in [1.54, 1.807) is 13.2 Å². The van der Waals surface area contributed by atoms with Crippen molar-refractivity contribution in [1.29, 1.82) is 0 Å². The Hall–Kier alpha value is -3.41. The molecule has 2 heterocycles. The number of aryl methyl sites for hydroxylation is 1. The number of amides is 1. The minimum atomic E-state index is -0.188. The van der Waals surface area contributed by atoms with E-state index >= 15 is 0 Å². The Bertz CT molecular complexity index is 1030. The Morgan fingerprint density at radius 2 is 2.00 bits per heavy atom. The summed E-state index contributed by atoms with van der Waals surface area (Å²) in [6, 6.07) is 17.9. The molecule has 0 atom stereocenters. The summed E-state index contributed by atoms with van der Waals surface area (Å²) in [5.41, 5.74) is 3.95. The number of carbonyl (C=O) groups excluding carboxylic acids is 1. The van der Waals surface area contributed by atoms with Crippen LogP contribution in [0.2, 0.25) is 0 Å². The summed E-state index contributed by atoms with van der Waals surface area (Å²) in [5, 5.41) is 2.96. The van der Waals surface area contributed by atoms with Crippen LogP contribution in [0.15, 0.2) is 54.6 Å². The molecule has 6 nitrogen and oxygen atoms in total. The van der Waals surface area contributed by atoms with E-state index in [2.05, 4.69) is 38.4 Å². The van der Waals surface area contributed by atoms with Crippen LogP contribution < -0.4 is 15.0 Å². The minimum absolute atomic E-state index is 0.188. The Kier molecular flexibility index (Phi) is 5.42. The van der Waals surface area contributed by atoms with E-state index in [-0.39, 0.29) is 5.91 Å². The Morgan fingerprint density at radius 1 is 1.14 bits per heavy atom. The Labute approximate surface area is 170 Å². The smallest absolute Gasteiger partial charge is 0.270 e. The second-order valence-electron chi connectivity index (χ2n) is 7.05. The van der Waals surface area contributed by atoms with Gasteiger partial charge >= 0.3 is 0 Å². The summed E-state index contributed by atoms with van der Waals surface area (Å²) in [6.45, 7) is 3.20. The molecular weight excluding hydrogens is 364 g/mol. The number of hydrogen-bond donors (Lipinski definition) is 1. The third-order valence-electron chi connectivity index (χ3n) is 5.05. The fraction of sp³-hybridized carbons (Fsp3) is 0.261.